The minimum absolute atomic E-state index is 1.00. The lowest BCUT2D eigenvalue weighted by atomic mass is 10.3. The Morgan fingerprint density at radius 2 is 2.12 bits per heavy atom. The highest BCUT2D eigenvalue weighted by Gasteiger charge is 2.02. The smallest absolute Gasteiger partial charge is 0.129 e. The average Bonchev–Trinajstić information content (AvgIpc) is 2.39. The van der Waals surface area contributed by atoms with E-state index in [9.17, 15) is 0 Å². The maximum Gasteiger partial charge on any atom is 0.129 e. The van der Waals surface area contributed by atoms with Crippen molar-refractivity contribution in [2.75, 3.05) is 37.8 Å². The molecule has 0 saturated heterocycles. The van der Waals surface area contributed by atoms with Crippen LogP contribution >= 0.6 is 11.8 Å². The van der Waals surface area contributed by atoms with Gasteiger partial charge in [-0.25, -0.2) is 4.98 Å². The molecule has 3 nitrogen and oxygen atoms in total. The molecule has 0 radical (unpaired) electrons. The number of anilines is 1. The number of pyridine rings is 1. The Bertz CT molecular complexity index is 313. The lowest BCUT2D eigenvalue weighted by Crippen LogP contribution is -2.25. The molecular weight excluding hydrogens is 230 g/mol. The zero-order valence-corrected chi connectivity index (χ0v) is 11.9. The van der Waals surface area contributed by atoms with Crippen LogP contribution in [0.3, 0.4) is 0 Å². The van der Waals surface area contributed by atoms with E-state index in [1.807, 2.05) is 31.1 Å². The second-order valence-electron chi connectivity index (χ2n) is 3.84. The Labute approximate surface area is 109 Å². The third kappa shape index (κ3) is 4.96. The van der Waals surface area contributed by atoms with Crippen LogP contribution in [0.4, 0.5) is 5.82 Å². The molecule has 1 aromatic heterocycles. The molecule has 17 heavy (non-hydrogen) atoms. The van der Waals surface area contributed by atoms with Crippen LogP contribution in [-0.4, -0.2) is 42.3 Å². The van der Waals surface area contributed by atoms with Crippen molar-refractivity contribution in [1.29, 1.82) is 0 Å². The summed E-state index contributed by atoms with van der Waals surface area (Å²) >= 11 is 1.97. The van der Waals surface area contributed by atoms with E-state index in [0.29, 0.717) is 0 Å². The summed E-state index contributed by atoms with van der Waals surface area (Å²) in [5.74, 6) is 3.22. The maximum absolute atomic E-state index is 4.31. The van der Waals surface area contributed by atoms with E-state index < -0.39 is 0 Å². The van der Waals surface area contributed by atoms with Gasteiger partial charge in [0.1, 0.15) is 5.82 Å². The zero-order chi connectivity index (χ0) is 12.5. The van der Waals surface area contributed by atoms with Crippen LogP contribution in [0.25, 0.3) is 0 Å². The first kappa shape index (κ1) is 14.3. The molecule has 1 heterocycles. The maximum atomic E-state index is 4.31. The van der Waals surface area contributed by atoms with E-state index in [1.54, 1.807) is 0 Å². The van der Waals surface area contributed by atoms with Crippen molar-refractivity contribution < 1.29 is 0 Å². The third-order valence-electron chi connectivity index (χ3n) is 2.83. The molecule has 1 aromatic rings. The first-order chi connectivity index (χ1) is 8.31. The number of hydrogen-bond donors (Lipinski definition) is 1. The second-order valence-corrected chi connectivity index (χ2v) is 4.95. The average molecular weight is 253 g/mol. The van der Waals surface area contributed by atoms with Gasteiger partial charge in [0, 0.05) is 36.9 Å². The van der Waals surface area contributed by atoms with Crippen LogP contribution in [0.2, 0.25) is 0 Å². The van der Waals surface area contributed by atoms with Gasteiger partial charge in [-0.3, -0.25) is 0 Å². The Morgan fingerprint density at radius 1 is 1.35 bits per heavy atom. The quantitative estimate of drug-likeness (QED) is 0.721. The van der Waals surface area contributed by atoms with E-state index in [-0.39, 0.29) is 0 Å². The molecule has 0 aliphatic heterocycles. The van der Waals surface area contributed by atoms with Crippen molar-refractivity contribution in [3.8, 4) is 0 Å². The number of nitrogens with zero attached hydrogens (tertiary/aromatic N) is 2. The van der Waals surface area contributed by atoms with Crippen LogP contribution in [0.1, 0.15) is 19.4 Å². The highest BCUT2D eigenvalue weighted by molar-refractivity contribution is 7.98. The Morgan fingerprint density at radius 3 is 2.76 bits per heavy atom. The topological polar surface area (TPSA) is 28.2 Å². The van der Waals surface area contributed by atoms with E-state index in [0.717, 1.165) is 24.7 Å². The highest BCUT2D eigenvalue weighted by Crippen LogP contribution is 2.18. The van der Waals surface area contributed by atoms with Gasteiger partial charge in [0.05, 0.1) is 0 Å². The SMILES string of the molecule is CCN(CC)CCSCc1cccnc1NC. The van der Waals surface area contributed by atoms with Crippen molar-refractivity contribution in [1.82, 2.24) is 9.88 Å². The monoisotopic (exact) mass is 253 g/mol. The Balaban J connectivity index is 2.30. The lowest BCUT2D eigenvalue weighted by molar-refractivity contribution is 0.324. The summed E-state index contributed by atoms with van der Waals surface area (Å²) in [5.41, 5.74) is 1.29. The molecule has 0 spiro atoms. The van der Waals surface area contributed by atoms with E-state index in [2.05, 4.69) is 35.1 Å². The second kappa shape index (κ2) is 8.37. The largest absolute Gasteiger partial charge is 0.373 e. The summed E-state index contributed by atoms with van der Waals surface area (Å²) in [4.78, 5) is 6.76. The van der Waals surface area contributed by atoms with Gasteiger partial charge in [-0.2, -0.15) is 11.8 Å². The fourth-order valence-corrected chi connectivity index (χ4v) is 2.68. The summed E-state index contributed by atoms with van der Waals surface area (Å²) in [6, 6.07) is 4.14. The van der Waals surface area contributed by atoms with E-state index >= 15 is 0 Å². The van der Waals surface area contributed by atoms with Crippen molar-refractivity contribution in [3.05, 3.63) is 23.9 Å². The summed E-state index contributed by atoms with van der Waals surface area (Å²) in [6.45, 7) is 7.90. The van der Waals surface area contributed by atoms with Gasteiger partial charge in [0.15, 0.2) is 0 Å². The summed E-state index contributed by atoms with van der Waals surface area (Å²) < 4.78 is 0. The molecule has 0 saturated carbocycles. The van der Waals surface area contributed by atoms with Crippen molar-refractivity contribution in [2.24, 2.45) is 0 Å². The molecule has 96 valence electrons. The molecule has 0 unspecified atom stereocenters. The molecule has 1 rings (SSSR count). The van der Waals surface area contributed by atoms with Gasteiger partial charge >= 0.3 is 0 Å². The predicted octanol–water partition coefficient (Wildman–Crippen LogP) is 2.70. The highest BCUT2D eigenvalue weighted by atomic mass is 32.2. The van der Waals surface area contributed by atoms with Gasteiger partial charge in [-0.05, 0) is 19.2 Å². The van der Waals surface area contributed by atoms with Crippen molar-refractivity contribution in [2.45, 2.75) is 19.6 Å². The minimum Gasteiger partial charge on any atom is -0.373 e. The van der Waals surface area contributed by atoms with E-state index in [4.69, 9.17) is 0 Å². The first-order valence-corrected chi connectivity index (χ1v) is 7.39. The van der Waals surface area contributed by atoms with Crippen LogP contribution in [0.15, 0.2) is 18.3 Å². The van der Waals surface area contributed by atoms with Gasteiger partial charge in [-0.15, -0.1) is 0 Å². The molecule has 0 atom stereocenters. The van der Waals surface area contributed by atoms with Crippen molar-refractivity contribution in [3.63, 3.8) is 0 Å². The number of aromatic nitrogens is 1. The Kier molecular flexibility index (Phi) is 7.05. The van der Waals surface area contributed by atoms with Gasteiger partial charge in [-0.1, -0.05) is 19.9 Å². The Hall–Kier alpha value is -0.740. The van der Waals surface area contributed by atoms with Gasteiger partial charge < -0.3 is 10.2 Å². The number of rotatable bonds is 8. The molecule has 0 bridgehead atoms. The number of hydrogen-bond acceptors (Lipinski definition) is 4. The number of nitrogens with one attached hydrogen (secondary N) is 1. The first-order valence-electron chi connectivity index (χ1n) is 6.23. The summed E-state index contributed by atoms with van der Waals surface area (Å²) in [5, 5.41) is 3.13. The molecule has 0 amide bonds. The molecule has 0 aromatic carbocycles. The molecule has 4 heteroatoms. The van der Waals surface area contributed by atoms with E-state index in [1.165, 1.54) is 17.9 Å². The molecular formula is C13H23N3S. The fourth-order valence-electron chi connectivity index (χ4n) is 1.70. The van der Waals surface area contributed by atoms with Crippen molar-refractivity contribution >= 4 is 17.6 Å². The summed E-state index contributed by atoms with van der Waals surface area (Å²) in [7, 11) is 1.92. The van der Waals surface area contributed by atoms with Crippen LogP contribution in [0, 0.1) is 0 Å². The fraction of sp³-hybridized carbons (Fsp3) is 0.615. The molecule has 0 aliphatic carbocycles. The predicted molar refractivity (Wildman–Crippen MR) is 77.7 cm³/mol. The third-order valence-corrected chi connectivity index (χ3v) is 3.82. The van der Waals surface area contributed by atoms with Gasteiger partial charge in [0.2, 0.25) is 0 Å². The normalized spacial score (nSPS) is 10.8. The minimum atomic E-state index is 1.00. The molecule has 0 aliphatic rings. The molecule has 1 N–H and O–H groups in total. The van der Waals surface area contributed by atoms with Crippen LogP contribution in [0.5, 0.6) is 0 Å². The van der Waals surface area contributed by atoms with Crippen LogP contribution < -0.4 is 5.32 Å². The summed E-state index contributed by atoms with van der Waals surface area (Å²) in [6.07, 6.45) is 1.83. The number of thioether (sulfide) groups is 1. The molecule has 0 fully saturated rings. The van der Waals surface area contributed by atoms with Gasteiger partial charge in [0.25, 0.3) is 0 Å². The zero-order valence-electron chi connectivity index (χ0n) is 11.1. The standard InChI is InChI=1S/C13H23N3S/c1-4-16(5-2)9-10-17-11-12-7-6-8-15-13(12)14-3/h6-8H,4-5,9-11H2,1-3H3,(H,14,15). The van der Waals surface area contributed by atoms with Crippen LogP contribution in [-0.2, 0) is 5.75 Å². The lowest BCUT2D eigenvalue weighted by Gasteiger charge is -2.17.